The summed E-state index contributed by atoms with van der Waals surface area (Å²) in [6, 6.07) is 8.05. The Bertz CT molecular complexity index is 416. The number of rotatable bonds is 4. The molecule has 0 bridgehead atoms. The van der Waals surface area contributed by atoms with E-state index in [-0.39, 0.29) is 11.9 Å². The second kappa shape index (κ2) is 6.57. The molecule has 0 amide bonds. The minimum Gasteiger partial charge on any atom is -0.497 e. The van der Waals surface area contributed by atoms with Crippen molar-refractivity contribution in [3.05, 3.63) is 29.8 Å². The number of piperidine rings is 1. The first kappa shape index (κ1) is 13.9. The van der Waals surface area contributed by atoms with Crippen molar-refractivity contribution in [2.75, 3.05) is 27.3 Å². The van der Waals surface area contributed by atoms with Crippen molar-refractivity contribution in [1.29, 1.82) is 0 Å². The second-order valence-electron chi connectivity index (χ2n) is 4.93. The molecule has 2 rings (SSSR count). The first-order valence-corrected chi connectivity index (χ1v) is 6.66. The van der Waals surface area contributed by atoms with E-state index in [1.54, 1.807) is 7.11 Å². The van der Waals surface area contributed by atoms with E-state index >= 15 is 0 Å². The van der Waals surface area contributed by atoms with Crippen LogP contribution < -0.4 is 10.1 Å². The zero-order chi connectivity index (χ0) is 13.7. The van der Waals surface area contributed by atoms with Crippen molar-refractivity contribution in [2.45, 2.75) is 12.8 Å². The average Bonchev–Trinajstić information content (AvgIpc) is 2.48. The van der Waals surface area contributed by atoms with E-state index in [0.717, 1.165) is 25.1 Å². The lowest BCUT2D eigenvalue weighted by Gasteiger charge is -2.30. The predicted octanol–water partition coefficient (Wildman–Crippen LogP) is 1.64. The lowest BCUT2D eigenvalue weighted by molar-refractivity contribution is -0.148. The van der Waals surface area contributed by atoms with Gasteiger partial charge in [-0.3, -0.25) is 4.79 Å². The summed E-state index contributed by atoms with van der Waals surface area (Å²) in [5, 5.41) is 3.26. The SMILES string of the molecule is COC(=O)[C@H]1CNCC[C@@H]1Cc1ccc(OC)cc1. The lowest BCUT2D eigenvalue weighted by atomic mass is 9.82. The zero-order valence-corrected chi connectivity index (χ0v) is 11.5. The number of nitrogens with one attached hydrogen (secondary N) is 1. The van der Waals surface area contributed by atoms with Crippen molar-refractivity contribution < 1.29 is 14.3 Å². The molecule has 1 aliphatic rings. The van der Waals surface area contributed by atoms with E-state index in [1.807, 2.05) is 12.1 Å². The highest BCUT2D eigenvalue weighted by atomic mass is 16.5. The summed E-state index contributed by atoms with van der Waals surface area (Å²) in [5.74, 6) is 1.06. The average molecular weight is 263 g/mol. The fourth-order valence-electron chi connectivity index (χ4n) is 2.65. The van der Waals surface area contributed by atoms with Crippen molar-refractivity contribution in [3.63, 3.8) is 0 Å². The third-order valence-electron chi connectivity index (χ3n) is 3.79. The van der Waals surface area contributed by atoms with Crippen LogP contribution in [0.3, 0.4) is 0 Å². The van der Waals surface area contributed by atoms with Gasteiger partial charge in [0.25, 0.3) is 0 Å². The number of esters is 1. The van der Waals surface area contributed by atoms with Gasteiger partial charge in [0.05, 0.1) is 20.1 Å². The largest absolute Gasteiger partial charge is 0.497 e. The van der Waals surface area contributed by atoms with Gasteiger partial charge in [-0.05, 0) is 43.0 Å². The first-order chi connectivity index (χ1) is 9.24. The summed E-state index contributed by atoms with van der Waals surface area (Å²) in [6.07, 6.45) is 1.91. The minimum absolute atomic E-state index is 0.0409. The van der Waals surface area contributed by atoms with Gasteiger partial charge in [-0.25, -0.2) is 0 Å². The zero-order valence-electron chi connectivity index (χ0n) is 11.5. The molecule has 1 saturated heterocycles. The van der Waals surface area contributed by atoms with Crippen molar-refractivity contribution in [1.82, 2.24) is 5.32 Å². The fourth-order valence-corrected chi connectivity index (χ4v) is 2.65. The molecular weight excluding hydrogens is 242 g/mol. The molecule has 0 saturated carbocycles. The summed E-state index contributed by atoms with van der Waals surface area (Å²) < 4.78 is 10.0. The molecule has 0 unspecified atom stereocenters. The van der Waals surface area contributed by atoms with Crippen LogP contribution in [0.25, 0.3) is 0 Å². The molecule has 0 spiro atoms. The van der Waals surface area contributed by atoms with Gasteiger partial charge >= 0.3 is 5.97 Å². The van der Waals surface area contributed by atoms with Crippen LogP contribution in [-0.4, -0.2) is 33.3 Å². The Hall–Kier alpha value is -1.55. The quantitative estimate of drug-likeness (QED) is 0.839. The van der Waals surface area contributed by atoms with E-state index in [2.05, 4.69) is 17.4 Å². The minimum atomic E-state index is -0.106. The molecule has 19 heavy (non-hydrogen) atoms. The lowest BCUT2D eigenvalue weighted by Crippen LogP contribution is -2.42. The molecule has 1 N–H and O–H groups in total. The molecule has 104 valence electrons. The normalized spacial score (nSPS) is 22.8. The van der Waals surface area contributed by atoms with E-state index < -0.39 is 0 Å². The molecule has 2 atom stereocenters. The number of hydrogen-bond acceptors (Lipinski definition) is 4. The van der Waals surface area contributed by atoms with Gasteiger partial charge in [0, 0.05) is 6.54 Å². The van der Waals surface area contributed by atoms with E-state index in [4.69, 9.17) is 9.47 Å². The number of methoxy groups -OCH3 is 2. The van der Waals surface area contributed by atoms with Gasteiger partial charge in [-0.1, -0.05) is 12.1 Å². The molecule has 0 aromatic heterocycles. The molecule has 0 aliphatic carbocycles. The summed E-state index contributed by atoms with van der Waals surface area (Å²) in [5.41, 5.74) is 1.24. The summed E-state index contributed by atoms with van der Waals surface area (Å²) in [7, 11) is 3.12. The van der Waals surface area contributed by atoms with Crippen LogP contribution in [0.2, 0.25) is 0 Å². The van der Waals surface area contributed by atoms with Gasteiger partial charge < -0.3 is 14.8 Å². The topological polar surface area (TPSA) is 47.6 Å². The molecule has 1 fully saturated rings. The maximum Gasteiger partial charge on any atom is 0.310 e. The monoisotopic (exact) mass is 263 g/mol. The van der Waals surface area contributed by atoms with Gasteiger partial charge in [0.2, 0.25) is 0 Å². The number of hydrogen-bond donors (Lipinski definition) is 1. The molecular formula is C15H21NO3. The van der Waals surface area contributed by atoms with Crippen molar-refractivity contribution in [3.8, 4) is 5.75 Å². The van der Waals surface area contributed by atoms with E-state index in [9.17, 15) is 4.79 Å². The number of carbonyl (C=O) groups excluding carboxylic acids is 1. The summed E-state index contributed by atoms with van der Waals surface area (Å²) in [6.45, 7) is 1.68. The smallest absolute Gasteiger partial charge is 0.310 e. The maximum absolute atomic E-state index is 11.8. The van der Waals surface area contributed by atoms with Crippen LogP contribution in [0.1, 0.15) is 12.0 Å². The summed E-state index contributed by atoms with van der Waals surface area (Å²) in [4.78, 5) is 11.8. The Morgan fingerprint density at radius 1 is 1.32 bits per heavy atom. The third-order valence-corrected chi connectivity index (χ3v) is 3.79. The van der Waals surface area contributed by atoms with Crippen LogP contribution in [-0.2, 0) is 16.0 Å². The highest BCUT2D eigenvalue weighted by Gasteiger charge is 2.31. The molecule has 1 heterocycles. The van der Waals surface area contributed by atoms with Crippen LogP contribution in [0.15, 0.2) is 24.3 Å². The molecule has 1 aromatic rings. The van der Waals surface area contributed by atoms with Gasteiger partial charge in [-0.2, -0.15) is 0 Å². The van der Waals surface area contributed by atoms with Gasteiger partial charge in [-0.15, -0.1) is 0 Å². The highest BCUT2D eigenvalue weighted by Crippen LogP contribution is 2.25. The third kappa shape index (κ3) is 3.47. The Kier molecular flexibility index (Phi) is 4.80. The molecule has 0 radical (unpaired) electrons. The maximum atomic E-state index is 11.8. The van der Waals surface area contributed by atoms with Crippen LogP contribution >= 0.6 is 0 Å². The first-order valence-electron chi connectivity index (χ1n) is 6.66. The van der Waals surface area contributed by atoms with Crippen molar-refractivity contribution in [2.24, 2.45) is 11.8 Å². The Balaban J connectivity index is 2.03. The highest BCUT2D eigenvalue weighted by molar-refractivity contribution is 5.73. The van der Waals surface area contributed by atoms with Crippen LogP contribution in [0.4, 0.5) is 0 Å². The Morgan fingerprint density at radius 3 is 2.68 bits per heavy atom. The molecule has 1 aromatic carbocycles. The Morgan fingerprint density at radius 2 is 2.05 bits per heavy atom. The number of ether oxygens (including phenoxy) is 2. The van der Waals surface area contributed by atoms with Gasteiger partial charge in [0.15, 0.2) is 0 Å². The van der Waals surface area contributed by atoms with Crippen LogP contribution in [0.5, 0.6) is 5.75 Å². The second-order valence-corrected chi connectivity index (χ2v) is 4.93. The molecule has 4 heteroatoms. The van der Waals surface area contributed by atoms with Gasteiger partial charge in [0.1, 0.15) is 5.75 Å². The fraction of sp³-hybridized carbons (Fsp3) is 0.533. The predicted molar refractivity (Wildman–Crippen MR) is 73.2 cm³/mol. The van der Waals surface area contributed by atoms with Crippen LogP contribution in [0, 0.1) is 11.8 Å². The Labute approximate surface area is 114 Å². The standard InChI is InChI=1S/C15H21NO3/c1-18-13-5-3-11(4-6-13)9-12-7-8-16-10-14(12)15(17)19-2/h3-6,12,14,16H,7-10H2,1-2H3/t12-,14+/m1/s1. The molecule has 1 aliphatic heterocycles. The van der Waals surface area contributed by atoms with Crippen molar-refractivity contribution >= 4 is 5.97 Å². The number of carbonyl (C=O) groups is 1. The summed E-state index contributed by atoms with van der Waals surface area (Å²) >= 11 is 0. The van der Waals surface area contributed by atoms with E-state index in [1.165, 1.54) is 12.7 Å². The molecule has 4 nitrogen and oxygen atoms in total. The van der Waals surface area contributed by atoms with E-state index in [0.29, 0.717) is 12.5 Å². The number of benzene rings is 1.